The van der Waals surface area contributed by atoms with Gasteiger partial charge in [-0.2, -0.15) is 0 Å². The fourth-order valence-electron chi connectivity index (χ4n) is 4.54. The monoisotopic (exact) mass is 455 g/mol. The van der Waals surface area contributed by atoms with Crippen LogP contribution in [0.2, 0.25) is 5.02 Å². The Morgan fingerprint density at radius 1 is 1.16 bits per heavy atom. The lowest BCUT2D eigenvalue weighted by Crippen LogP contribution is -2.44. The smallest absolute Gasteiger partial charge is 0.231 e. The molecule has 1 atom stereocenters. The van der Waals surface area contributed by atoms with Crippen molar-refractivity contribution in [1.29, 1.82) is 0 Å². The van der Waals surface area contributed by atoms with Crippen LogP contribution in [0.5, 0.6) is 5.88 Å². The molecule has 1 spiro atoms. The second-order valence-corrected chi connectivity index (χ2v) is 9.42. The first-order valence-electron chi connectivity index (χ1n) is 10.0. The predicted molar refractivity (Wildman–Crippen MR) is 120 cm³/mol. The lowest BCUT2D eigenvalue weighted by atomic mass is 9.73. The molecule has 0 unspecified atom stereocenters. The number of aromatic nitrogens is 4. The molecule has 160 valence electrons. The number of hydrogen-bond donors (Lipinski definition) is 3. The Morgan fingerprint density at radius 2 is 1.97 bits per heavy atom. The van der Waals surface area contributed by atoms with Crippen molar-refractivity contribution in [3.63, 3.8) is 0 Å². The number of hydrogen-bond acceptors (Lipinski definition) is 9. The molecule has 10 heteroatoms. The SMILES string of the molecule is Nc1nc(N2CCC3(CC2)Cc2ncccc2[C@H]3N)cnc1Sc1ccnc(O)c1Cl. The number of halogens is 1. The Morgan fingerprint density at radius 3 is 2.71 bits per heavy atom. The largest absolute Gasteiger partial charge is 0.492 e. The van der Waals surface area contributed by atoms with E-state index < -0.39 is 0 Å². The minimum absolute atomic E-state index is 0.0230. The number of aromatic hydroxyl groups is 1. The van der Waals surface area contributed by atoms with Crippen molar-refractivity contribution in [3.8, 4) is 5.88 Å². The number of fused-ring (bicyclic) bond motifs is 1. The highest BCUT2D eigenvalue weighted by molar-refractivity contribution is 7.99. The summed E-state index contributed by atoms with van der Waals surface area (Å²) in [5.74, 6) is 0.853. The number of nitrogens with two attached hydrogens (primary N) is 2. The molecular formula is C21H22ClN7OS. The average Bonchev–Trinajstić information content (AvgIpc) is 3.05. The number of rotatable bonds is 3. The van der Waals surface area contributed by atoms with Crippen molar-refractivity contribution >= 4 is 35.0 Å². The zero-order valence-corrected chi connectivity index (χ0v) is 18.3. The fraction of sp³-hybridized carbons (Fsp3) is 0.333. The van der Waals surface area contributed by atoms with Crippen LogP contribution in [0.25, 0.3) is 0 Å². The summed E-state index contributed by atoms with van der Waals surface area (Å²) in [7, 11) is 0. The maximum Gasteiger partial charge on any atom is 0.231 e. The van der Waals surface area contributed by atoms with Crippen molar-refractivity contribution in [3.05, 3.63) is 53.1 Å². The van der Waals surface area contributed by atoms with Gasteiger partial charge in [-0.1, -0.05) is 29.4 Å². The first kappa shape index (κ1) is 20.3. The van der Waals surface area contributed by atoms with E-state index in [1.807, 2.05) is 12.3 Å². The second kappa shape index (κ2) is 7.81. The van der Waals surface area contributed by atoms with Crippen molar-refractivity contribution in [1.82, 2.24) is 19.9 Å². The summed E-state index contributed by atoms with van der Waals surface area (Å²) >= 11 is 7.35. The first-order valence-corrected chi connectivity index (χ1v) is 11.2. The maximum atomic E-state index is 9.68. The summed E-state index contributed by atoms with van der Waals surface area (Å²) in [4.78, 5) is 20.2. The van der Waals surface area contributed by atoms with E-state index in [9.17, 15) is 5.11 Å². The van der Waals surface area contributed by atoms with Crippen LogP contribution in [0.3, 0.4) is 0 Å². The molecule has 3 aromatic heterocycles. The molecule has 5 N–H and O–H groups in total. The summed E-state index contributed by atoms with van der Waals surface area (Å²) < 4.78 is 0. The number of piperidine rings is 1. The van der Waals surface area contributed by atoms with E-state index >= 15 is 0 Å². The minimum Gasteiger partial charge on any atom is -0.492 e. The van der Waals surface area contributed by atoms with E-state index in [1.54, 1.807) is 12.3 Å². The average molecular weight is 456 g/mol. The molecule has 0 aromatic carbocycles. The highest BCUT2D eigenvalue weighted by Gasteiger charge is 2.46. The molecule has 5 rings (SSSR count). The molecule has 0 amide bonds. The molecule has 1 fully saturated rings. The van der Waals surface area contributed by atoms with Gasteiger partial charge < -0.3 is 21.5 Å². The van der Waals surface area contributed by atoms with Crippen molar-refractivity contribution < 1.29 is 5.11 Å². The molecule has 2 aliphatic rings. The second-order valence-electron chi connectivity index (χ2n) is 8.01. The van der Waals surface area contributed by atoms with Gasteiger partial charge in [0.1, 0.15) is 15.9 Å². The first-order chi connectivity index (χ1) is 15.0. The van der Waals surface area contributed by atoms with Crippen molar-refractivity contribution in [2.75, 3.05) is 23.7 Å². The van der Waals surface area contributed by atoms with Crippen LogP contribution in [-0.4, -0.2) is 38.1 Å². The van der Waals surface area contributed by atoms with Gasteiger partial charge >= 0.3 is 0 Å². The molecule has 0 bridgehead atoms. The van der Waals surface area contributed by atoms with Crippen LogP contribution in [0.15, 0.2) is 46.7 Å². The van der Waals surface area contributed by atoms with Crippen LogP contribution in [0, 0.1) is 5.41 Å². The summed E-state index contributed by atoms with van der Waals surface area (Å²) in [6.45, 7) is 1.68. The van der Waals surface area contributed by atoms with Gasteiger partial charge in [0.05, 0.1) is 6.20 Å². The maximum absolute atomic E-state index is 9.68. The van der Waals surface area contributed by atoms with Crippen molar-refractivity contribution in [2.45, 2.75) is 35.2 Å². The van der Waals surface area contributed by atoms with Gasteiger partial charge in [-0.05, 0) is 42.4 Å². The van der Waals surface area contributed by atoms with E-state index in [-0.39, 0.29) is 22.4 Å². The third kappa shape index (κ3) is 3.56. The number of nitrogens with zero attached hydrogens (tertiary/aromatic N) is 5. The predicted octanol–water partition coefficient (Wildman–Crippen LogP) is 3.20. The molecule has 1 aliphatic carbocycles. The summed E-state index contributed by atoms with van der Waals surface area (Å²) in [5, 5.41) is 10.4. The van der Waals surface area contributed by atoms with Crippen LogP contribution in [-0.2, 0) is 6.42 Å². The third-order valence-corrected chi connectivity index (χ3v) is 7.87. The van der Waals surface area contributed by atoms with E-state index in [1.165, 1.54) is 23.5 Å². The quantitative estimate of drug-likeness (QED) is 0.545. The van der Waals surface area contributed by atoms with Crippen LogP contribution >= 0.6 is 23.4 Å². The Balaban J connectivity index is 1.29. The van der Waals surface area contributed by atoms with Gasteiger partial charge in [-0.15, -0.1) is 0 Å². The molecule has 4 heterocycles. The van der Waals surface area contributed by atoms with Gasteiger partial charge in [0, 0.05) is 42.1 Å². The molecule has 3 aromatic rings. The van der Waals surface area contributed by atoms with E-state index in [2.05, 4.69) is 30.9 Å². The standard InChI is InChI=1S/C21H22ClN7OS/c22-16-14(3-7-26-19(16)30)31-20-18(24)28-15(11-27-20)29-8-4-21(5-9-29)10-13-12(17(21)23)2-1-6-25-13/h1-3,6-7,11,17H,4-5,8-10,23H2,(H2,24,28)(H,26,30)/t17-/m1/s1. The zero-order valence-electron chi connectivity index (χ0n) is 16.7. The topological polar surface area (TPSA) is 127 Å². The van der Waals surface area contributed by atoms with Crippen LogP contribution in [0.4, 0.5) is 11.6 Å². The Labute approximate surface area is 189 Å². The van der Waals surface area contributed by atoms with E-state index in [0.717, 1.165) is 43.9 Å². The van der Waals surface area contributed by atoms with Gasteiger partial charge in [0.2, 0.25) is 5.88 Å². The summed E-state index contributed by atoms with van der Waals surface area (Å²) in [6.07, 6.45) is 7.92. The molecule has 31 heavy (non-hydrogen) atoms. The van der Waals surface area contributed by atoms with Gasteiger partial charge in [0.25, 0.3) is 0 Å². The number of pyridine rings is 2. The normalized spacial score (nSPS) is 19.5. The van der Waals surface area contributed by atoms with E-state index in [0.29, 0.717) is 15.7 Å². The highest BCUT2D eigenvalue weighted by Crippen LogP contribution is 2.50. The lowest BCUT2D eigenvalue weighted by Gasteiger charge is -2.42. The summed E-state index contributed by atoms with van der Waals surface area (Å²) in [5.41, 5.74) is 15.2. The molecule has 8 nitrogen and oxygen atoms in total. The summed E-state index contributed by atoms with van der Waals surface area (Å²) in [6, 6.07) is 5.79. The van der Waals surface area contributed by atoms with Gasteiger partial charge in [-0.25, -0.2) is 15.0 Å². The Kier molecular flexibility index (Phi) is 5.11. The molecule has 1 saturated heterocycles. The fourth-order valence-corrected chi connectivity index (χ4v) is 5.54. The number of nitrogen functional groups attached to an aromatic ring is 1. The highest BCUT2D eigenvalue weighted by atomic mass is 35.5. The lowest BCUT2D eigenvalue weighted by molar-refractivity contribution is 0.186. The van der Waals surface area contributed by atoms with Crippen LogP contribution in [0.1, 0.15) is 30.1 Å². The van der Waals surface area contributed by atoms with Crippen LogP contribution < -0.4 is 16.4 Å². The molecular weight excluding hydrogens is 434 g/mol. The molecule has 0 saturated carbocycles. The van der Waals surface area contributed by atoms with E-state index in [4.69, 9.17) is 23.1 Å². The minimum atomic E-state index is -0.223. The van der Waals surface area contributed by atoms with Gasteiger partial charge in [0.15, 0.2) is 5.82 Å². The Hall–Kier alpha value is -2.62. The van der Waals surface area contributed by atoms with Crippen molar-refractivity contribution in [2.24, 2.45) is 11.1 Å². The zero-order chi connectivity index (χ0) is 21.6. The Bertz CT molecular complexity index is 1140. The number of anilines is 2. The molecule has 1 aliphatic heterocycles. The van der Waals surface area contributed by atoms with Gasteiger partial charge in [-0.3, -0.25) is 4.98 Å². The molecule has 0 radical (unpaired) electrons. The third-order valence-electron chi connectivity index (χ3n) is 6.32.